The lowest BCUT2D eigenvalue weighted by Crippen LogP contribution is -2.52. The Hall–Kier alpha value is -0.910. The zero-order valence-electron chi connectivity index (χ0n) is 14.1. The van der Waals surface area contributed by atoms with Gasteiger partial charge in [0.1, 0.15) is 0 Å². The molecule has 2 aliphatic heterocycles. The van der Waals surface area contributed by atoms with Crippen LogP contribution >= 0.6 is 0 Å². The first-order valence-electron chi connectivity index (χ1n) is 9.20. The molecular formula is C18H30N2O3. The number of ether oxygens (including phenoxy) is 2. The minimum absolute atomic E-state index is 0.0825. The van der Waals surface area contributed by atoms with Gasteiger partial charge in [-0.1, -0.05) is 12.0 Å². The fourth-order valence-electron chi connectivity index (χ4n) is 3.95. The van der Waals surface area contributed by atoms with Crippen LogP contribution in [0.5, 0.6) is 0 Å². The van der Waals surface area contributed by atoms with Crippen LogP contribution in [0, 0.1) is 5.92 Å². The molecular weight excluding hydrogens is 292 g/mol. The molecule has 2 heterocycles. The third-order valence-corrected chi connectivity index (χ3v) is 5.34. The van der Waals surface area contributed by atoms with E-state index in [-0.39, 0.29) is 5.91 Å². The van der Waals surface area contributed by atoms with Crippen molar-refractivity contribution in [2.24, 2.45) is 5.92 Å². The Balaban J connectivity index is 1.53. The second-order valence-corrected chi connectivity index (χ2v) is 6.95. The molecule has 23 heavy (non-hydrogen) atoms. The lowest BCUT2D eigenvalue weighted by molar-refractivity contribution is -0.117. The Morgan fingerprint density at radius 3 is 2.65 bits per heavy atom. The van der Waals surface area contributed by atoms with Gasteiger partial charge in [0.25, 0.3) is 0 Å². The molecule has 1 aliphatic carbocycles. The van der Waals surface area contributed by atoms with E-state index in [2.05, 4.69) is 10.2 Å². The van der Waals surface area contributed by atoms with Gasteiger partial charge in [-0.15, -0.1) is 0 Å². The Morgan fingerprint density at radius 1 is 1.17 bits per heavy atom. The molecule has 2 saturated heterocycles. The summed E-state index contributed by atoms with van der Waals surface area (Å²) in [5, 5.41) is 3.15. The minimum atomic E-state index is 0.0825. The highest BCUT2D eigenvalue weighted by Crippen LogP contribution is 2.23. The van der Waals surface area contributed by atoms with Gasteiger partial charge in [0.05, 0.1) is 19.8 Å². The van der Waals surface area contributed by atoms with Crippen molar-refractivity contribution in [3.63, 3.8) is 0 Å². The highest BCUT2D eigenvalue weighted by atomic mass is 16.5. The SMILES string of the molecule is O=C(C=C1CCCCC1)NC[C@@H]([C@@H]1CCOC1)N1CCOCC1. The summed E-state index contributed by atoms with van der Waals surface area (Å²) >= 11 is 0. The molecule has 0 aromatic heterocycles. The normalized spacial score (nSPS) is 27.7. The topological polar surface area (TPSA) is 50.8 Å². The van der Waals surface area contributed by atoms with Gasteiger partial charge in [0, 0.05) is 44.3 Å². The van der Waals surface area contributed by atoms with Gasteiger partial charge >= 0.3 is 0 Å². The molecule has 0 bridgehead atoms. The number of nitrogens with zero attached hydrogens (tertiary/aromatic N) is 1. The van der Waals surface area contributed by atoms with Gasteiger partial charge in [0.2, 0.25) is 5.91 Å². The van der Waals surface area contributed by atoms with Crippen molar-refractivity contribution in [1.29, 1.82) is 0 Å². The molecule has 3 fully saturated rings. The van der Waals surface area contributed by atoms with Crippen molar-refractivity contribution in [3.8, 4) is 0 Å². The first-order chi connectivity index (χ1) is 11.3. The molecule has 1 saturated carbocycles. The lowest BCUT2D eigenvalue weighted by Gasteiger charge is -2.37. The van der Waals surface area contributed by atoms with Crippen LogP contribution in [0.2, 0.25) is 0 Å². The van der Waals surface area contributed by atoms with Crippen molar-refractivity contribution in [1.82, 2.24) is 10.2 Å². The van der Waals surface area contributed by atoms with Crippen molar-refractivity contribution in [2.45, 2.75) is 44.6 Å². The van der Waals surface area contributed by atoms with E-state index in [1.165, 1.54) is 24.8 Å². The minimum Gasteiger partial charge on any atom is -0.381 e. The smallest absolute Gasteiger partial charge is 0.243 e. The highest BCUT2D eigenvalue weighted by Gasteiger charge is 2.31. The zero-order chi connectivity index (χ0) is 15.9. The number of hydrogen-bond donors (Lipinski definition) is 1. The number of carbonyl (C=O) groups is 1. The number of allylic oxidation sites excluding steroid dienone is 1. The fraction of sp³-hybridized carbons (Fsp3) is 0.833. The summed E-state index contributed by atoms with van der Waals surface area (Å²) in [7, 11) is 0. The third-order valence-electron chi connectivity index (χ3n) is 5.34. The summed E-state index contributed by atoms with van der Waals surface area (Å²) in [4.78, 5) is 14.7. The van der Waals surface area contributed by atoms with Crippen LogP contribution in [-0.4, -0.2) is 62.9 Å². The predicted molar refractivity (Wildman–Crippen MR) is 89.3 cm³/mol. The summed E-state index contributed by atoms with van der Waals surface area (Å²) in [6.07, 6.45) is 8.90. The van der Waals surface area contributed by atoms with Gasteiger partial charge in [0.15, 0.2) is 0 Å². The largest absolute Gasteiger partial charge is 0.381 e. The van der Waals surface area contributed by atoms with Crippen LogP contribution < -0.4 is 5.32 Å². The molecule has 0 spiro atoms. The van der Waals surface area contributed by atoms with Crippen molar-refractivity contribution in [3.05, 3.63) is 11.6 Å². The van der Waals surface area contributed by atoms with Gasteiger partial charge in [-0.2, -0.15) is 0 Å². The molecule has 0 radical (unpaired) electrons. The molecule has 3 rings (SSSR count). The average molecular weight is 322 g/mol. The van der Waals surface area contributed by atoms with Crippen molar-refractivity contribution < 1.29 is 14.3 Å². The van der Waals surface area contributed by atoms with Gasteiger partial charge in [-0.05, 0) is 32.1 Å². The maximum absolute atomic E-state index is 12.3. The predicted octanol–water partition coefficient (Wildman–Crippen LogP) is 1.73. The molecule has 5 heteroatoms. The second-order valence-electron chi connectivity index (χ2n) is 6.95. The highest BCUT2D eigenvalue weighted by molar-refractivity contribution is 5.88. The van der Waals surface area contributed by atoms with Crippen LogP contribution in [0.25, 0.3) is 0 Å². The number of carbonyl (C=O) groups excluding carboxylic acids is 1. The van der Waals surface area contributed by atoms with E-state index >= 15 is 0 Å². The molecule has 0 unspecified atom stereocenters. The molecule has 130 valence electrons. The summed E-state index contributed by atoms with van der Waals surface area (Å²) in [6, 6.07) is 0.370. The number of rotatable bonds is 5. The van der Waals surface area contributed by atoms with Crippen molar-refractivity contribution >= 4 is 5.91 Å². The van der Waals surface area contributed by atoms with Crippen LogP contribution in [0.3, 0.4) is 0 Å². The molecule has 0 aromatic rings. The third kappa shape index (κ3) is 5.03. The van der Waals surface area contributed by atoms with Gasteiger partial charge in [-0.3, -0.25) is 9.69 Å². The maximum atomic E-state index is 12.3. The number of amides is 1. The zero-order valence-corrected chi connectivity index (χ0v) is 14.1. The summed E-state index contributed by atoms with van der Waals surface area (Å²) in [5.74, 6) is 0.606. The molecule has 2 atom stereocenters. The van der Waals surface area contributed by atoms with E-state index in [4.69, 9.17) is 9.47 Å². The quantitative estimate of drug-likeness (QED) is 0.783. The van der Waals surface area contributed by atoms with Gasteiger partial charge < -0.3 is 14.8 Å². The Kier molecular flexibility index (Phi) is 6.48. The lowest BCUT2D eigenvalue weighted by atomic mass is 9.94. The first-order valence-corrected chi connectivity index (χ1v) is 9.20. The molecule has 1 amide bonds. The average Bonchev–Trinajstić information content (AvgIpc) is 3.11. The van der Waals surface area contributed by atoms with E-state index in [1.54, 1.807) is 0 Å². The first kappa shape index (κ1) is 16.9. The monoisotopic (exact) mass is 322 g/mol. The Morgan fingerprint density at radius 2 is 1.96 bits per heavy atom. The van der Waals surface area contributed by atoms with E-state index in [0.717, 1.165) is 65.3 Å². The number of nitrogens with one attached hydrogen (secondary N) is 1. The molecule has 5 nitrogen and oxygen atoms in total. The second kappa shape index (κ2) is 8.81. The standard InChI is InChI=1S/C18H30N2O3/c21-18(12-15-4-2-1-3-5-15)19-13-17(16-6-9-23-14-16)20-7-10-22-11-8-20/h12,16-17H,1-11,13-14H2,(H,19,21)/t16-,17+/m1/s1. The maximum Gasteiger partial charge on any atom is 0.243 e. The fourth-order valence-corrected chi connectivity index (χ4v) is 3.95. The van der Waals surface area contributed by atoms with Crippen LogP contribution in [0.1, 0.15) is 38.5 Å². The van der Waals surface area contributed by atoms with Crippen LogP contribution in [-0.2, 0) is 14.3 Å². The van der Waals surface area contributed by atoms with Gasteiger partial charge in [-0.25, -0.2) is 0 Å². The molecule has 0 aromatic carbocycles. The summed E-state index contributed by atoms with van der Waals surface area (Å²) in [6.45, 7) is 5.89. The van der Waals surface area contributed by atoms with E-state index in [0.29, 0.717) is 12.0 Å². The van der Waals surface area contributed by atoms with E-state index in [1.807, 2.05) is 6.08 Å². The van der Waals surface area contributed by atoms with Crippen molar-refractivity contribution in [2.75, 3.05) is 46.1 Å². The van der Waals surface area contributed by atoms with E-state index in [9.17, 15) is 4.79 Å². The molecule has 3 aliphatic rings. The van der Waals surface area contributed by atoms with Crippen LogP contribution in [0.4, 0.5) is 0 Å². The summed E-state index contributed by atoms with van der Waals surface area (Å²) < 4.78 is 11.0. The van der Waals surface area contributed by atoms with E-state index < -0.39 is 0 Å². The molecule has 1 N–H and O–H groups in total. The summed E-state index contributed by atoms with van der Waals surface area (Å²) in [5.41, 5.74) is 1.32. The number of hydrogen-bond acceptors (Lipinski definition) is 4. The Bertz CT molecular complexity index is 404. The van der Waals surface area contributed by atoms with Crippen LogP contribution in [0.15, 0.2) is 11.6 Å². The number of morpholine rings is 1. The Labute approximate surface area is 139 Å².